The van der Waals surface area contributed by atoms with Crippen molar-refractivity contribution in [3.05, 3.63) is 34.9 Å². The van der Waals surface area contributed by atoms with Crippen LogP contribution in [0.2, 0.25) is 0 Å². The van der Waals surface area contributed by atoms with Crippen molar-refractivity contribution in [3.8, 4) is 12.3 Å². The first-order chi connectivity index (χ1) is 7.20. The minimum atomic E-state index is 0.154. The zero-order valence-corrected chi connectivity index (χ0v) is 9.38. The summed E-state index contributed by atoms with van der Waals surface area (Å²) in [6.07, 6.45) is 7.73. The first-order valence-electron chi connectivity index (χ1n) is 5.52. The Bertz CT molecular complexity index is 400. The van der Waals surface area contributed by atoms with E-state index in [0.29, 0.717) is 6.04 Å². The number of benzene rings is 1. The Hall–Kier alpha value is -1.26. The zero-order valence-electron chi connectivity index (χ0n) is 9.38. The van der Waals surface area contributed by atoms with Crippen LogP contribution in [0.3, 0.4) is 0 Å². The summed E-state index contributed by atoms with van der Waals surface area (Å²) in [5.41, 5.74) is 4.25. The average molecular weight is 199 g/mol. The van der Waals surface area contributed by atoms with Crippen LogP contribution in [-0.2, 0) is 6.42 Å². The molecule has 1 aliphatic carbocycles. The van der Waals surface area contributed by atoms with Gasteiger partial charge in [-0.1, -0.05) is 29.7 Å². The van der Waals surface area contributed by atoms with E-state index in [9.17, 15) is 0 Å². The van der Waals surface area contributed by atoms with Gasteiger partial charge in [-0.25, -0.2) is 0 Å². The molecule has 1 aliphatic rings. The molecule has 78 valence electrons. The Labute approximate surface area is 91.9 Å². The molecule has 1 heteroatoms. The van der Waals surface area contributed by atoms with Crippen LogP contribution in [0.4, 0.5) is 0 Å². The molecule has 0 saturated carbocycles. The fraction of sp³-hybridized carbons (Fsp3) is 0.429. The highest BCUT2D eigenvalue weighted by atomic mass is 14.9. The van der Waals surface area contributed by atoms with E-state index in [1.54, 1.807) is 0 Å². The Morgan fingerprint density at radius 3 is 3.07 bits per heavy atom. The first-order valence-corrected chi connectivity index (χ1v) is 5.52. The number of aryl methyl sites for hydroxylation is 2. The van der Waals surface area contributed by atoms with Crippen molar-refractivity contribution in [2.45, 2.75) is 38.8 Å². The topological polar surface area (TPSA) is 12.0 Å². The van der Waals surface area contributed by atoms with Crippen LogP contribution in [0.1, 0.15) is 36.1 Å². The lowest BCUT2D eigenvalue weighted by Crippen LogP contribution is -2.27. The monoisotopic (exact) mass is 199 g/mol. The Balaban J connectivity index is 2.21. The van der Waals surface area contributed by atoms with Gasteiger partial charge in [-0.3, -0.25) is 5.32 Å². The van der Waals surface area contributed by atoms with Crippen LogP contribution in [0, 0.1) is 19.3 Å². The van der Waals surface area contributed by atoms with Crippen molar-refractivity contribution in [2.75, 3.05) is 0 Å². The second kappa shape index (κ2) is 4.08. The summed E-state index contributed by atoms with van der Waals surface area (Å²) in [5, 5.41) is 3.48. The van der Waals surface area contributed by atoms with Crippen molar-refractivity contribution in [1.29, 1.82) is 0 Å². The Morgan fingerprint density at radius 2 is 2.33 bits per heavy atom. The molecule has 2 atom stereocenters. The molecule has 1 aromatic carbocycles. The Morgan fingerprint density at radius 1 is 1.53 bits per heavy atom. The van der Waals surface area contributed by atoms with Gasteiger partial charge in [0.15, 0.2) is 0 Å². The number of fused-ring (bicyclic) bond motifs is 1. The van der Waals surface area contributed by atoms with Crippen LogP contribution < -0.4 is 5.32 Å². The van der Waals surface area contributed by atoms with Crippen LogP contribution in [-0.4, -0.2) is 6.04 Å². The van der Waals surface area contributed by atoms with Crippen molar-refractivity contribution < 1.29 is 0 Å². The maximum absolute atomic E-state index is 5.39. The van der Waals surface area contributed by atoms with Gasteiger partial charge in [0.2, 0.25) is 0 Å². The zero-order chi connectivity index (χ0) is 10.8. The largest absolute Gasteiger partial charge is 0.297 e. The highest BCUT2D eigenvalue weighted by Gasteiger charge is 2.22. The van der Waals surface area contributed by atoms with Gasteiger partial charge in [-0.05, 0) is 37.8 Å². The molecule has 1 N–H and O–H groups in total. The van der Waals surface area contributed by atoms with E-state index in [-0.39, 0.29) is 6.04 Å². The molecule has 0 heterocycles. The SMILES string of the molecule is C#CC(C)NC1CCc2ccc(C)cc21. The molecule has 0 amide bonds. The third kappa shape index (κ3) is 2.06. The summed E-state index contributed by atoms with van der Waals surface area (Å²) < 4.78 is 0. The number of hydrogen-bond donors (Lipinski definition) is 1. The van der Waals surface area contributed by atoms with Gasteiger partial charge in [-0.2, -0.15) is 0 Å². The lowest BCUT2D eigenvalue weighted by atomic mass is 10.0. The summed E-state index contributed by atoms with van der Waals surface area (Å²) in [5.74, 6) is 2.73. The van der Waals surface area contributed by atoms with Crippen molar-refractivity contribution >= 4 is 0 Å². The summed E-state index contributed by atoms with van der Waals surface area (Å²) in [7, 11) is 0. The van der Waals surface area contributed by atoms with Crippen LogP contribution in [0.5, 0.6) is 0 Å². The maximum atomic E-state index is 5.39. The standard InChI is InChI=1S/C14H17N/c1-4-11(3)15-14-8-7-12-6-5-10(2)9-13(12)14/h1,5-6,9,11,14-15H,7-8H2,2-3H3. The molecule has 0 aliphatic heterocycles. The second-order valence-corrected chi connectivity index (χ2v) is 4.35. The molecule has 1 nitrogen and oxygen atoms in total. The molecule has 15 heavy (non-hydrogen) atoms. The molecule has 2 unspecified atom stereocenters. The molecule has 0 spiro atoms. The van der Waals surface area contributed by atoms with Crippen LogP contribution in [0.15, 0.2) is 18.2 Å². The quantitative estimate of drug-likeness (QED) is 0.722. The third-order valence-corrected chi connectivity index (χ3v) is 3.08. The minimum absolute atomic E-state index is 0.154. The molecular formula is C14H17N. The van der Waals surface area contributed by atoms with Gasteiger partial charge in [0.05, 0.1) is 6.04 Å². The summed E-state index contributed by atoms with van der Waals surface area (Å²) in [6, 6.07) is 7.31. The summed E-state index contributed by atoms with van der Waals surface area (Å²) in [6.45, 7) is 4.17. The normalized spacial score (nSPS) is 20.7. The van der Waals surface area contributed by atoms with Crippen LogP contribution in [0.25, 0.3) is 0 Å². The van der Waals surface area contributed by atoms with Gasteiger partial charge >= 0.3 is 0 Å². The van der Waals surface area contributed by atoms with E-state index in [4.69, 9.17) is 6.42 Å². The first kappa shape index (κ1) is 10.3. The molecule has 0 aromatic heterocycles. The predicted octanol–water partition coefficient (Wildman–Crippen LogP) is 2.59. The minimum Gasteiger partial charge on any atom is -0.297 e. The molecule has 2 rings (SSSR count). The summed E-state index contributed by atoms with van der Waals surface area (Å²) in [4.78, 5) is 0. The molecule has 0 saturated heterocycles. The molecule has 0 bridgehead atoms. The van der Waals surface area contributed by atoms with E-state index < -0.39 is 0 Å². The highest BCUT2D eigenvalue weighted by Crippen LogP contribution is 2.31. The van der Waals surface area contributed by atoms with E-state index in [0.717, 1.165) is 0 Å². The summed E-state index contributed by atoms with van der Waals surface area (Å²) >= 11 is 0. The van der Waals surface area contributed by atoms with E-state index in [2.05, 4.69) is 36.4 Å². The second-order valence-electron chi connectivity index (χ2n) is 4.35. The van der Waals surface area contributed by atoms with E-state index in [1.807, 2.05) is 6.92 Å². The van der Waals surface area contributed by atoms with Gasteiger partial charge in [-0.15, -0.1) is 6.42 Å². The lowest BCUT2D eigenvalue weighted by molar-refractivity contribution is 0.508. The predicted molar refractivity (Wildman–Crippen MR) is 63.7 cm³/mol. The Kier molecular flexibility index (Phi) is 2.79. The van der Waals surface area contributed by atoms with Crippen LogP contribution >= 0.6 is 0 Å². The smallest absolute Gasteiger partial charge is 0.0663 e. The lowest BCUT2D eigenvalue weighted by Gasteiger charge is -2.16. The average Bonchev–Trinajstić information content (AvgIpc) is 2.61. The van der Waals surface area contributed by atoms with Crippen molar-refractivity contribution in [1.82, 2.24) is 5.32 Å². The number of nitrogens with one attached hydrogen (secondary N) is 1. The molecule has 0 radical (unpaired) electrons. The van der Waals surface area contributed by atoms with Gasteiger partial charge in [0.1, 0.15) is 0 Å². The van der Waals surface area contributed by atoms with Gasteiger partial charge < -0.3 is 0 Å². The van der Waals surface area contributed by atoms with E-state index in [1.165, 1.54) is 29.5 Å². The fourth-order valence-electron chi connectivity index (χ4n) is 2.24. The van der Waals surface area contributed by atoms with Crippen molar-refractivity contribution in [3.63, 3.8) is 0 Å². The van der Waals surface area contributed by atoms with Gasteiger partial charge in [0, 0.05) is 6.04 Å². The molecular weight excluding hydrogens is 182 g/mol. The van der Waals surface area contributed by atoms with Crippen molar-refractivity contribution in [2.24, 2.45) is 0 Å². The molecule has 0 fully saturated rings. The van der Waals surface area contributed by atoms with Gasteiger partial charge in [0.25, 0.3) is 0 Å². The fourth-order valence-corrected chi connectivity index (χ4v) is 2.24. The molecule has 1 aromatic rings. The number of terminal acetylenes is 1. The third-order valence-electron chi connectivity index (χ3n) is 3.08. The highest BCUT2D eigenvalue weighted by molar-refractivity contribution is 5.37. The number of hydrogen-bond acceptors (Lipinski definition) is 1. The number of rotatable bonds is 2. The maximum Gasteiger partial charge on any atom is 0.0663 e. The van der Waals surface area contributed by atoms with E-state index >= 15 is 0 Å².